The highest BCUT2D eigenvalue weighted by molar-refractivity contribution is 6.05. The van der Waals surface area contributed by atoms with Gasteiger partial charge in [-0.2, -0.15) is 0 Å². The number of nitrogens with zero attached hydrogens (tertiary/aromatic N) is 3. The SMILES string of the molecule is C=CC1CC(c2ccc(OC)cc2)=CN1C(=O)c1cc(OC)c(OCCCOc2cc3c(cc2OC)C(=O)N2C=C(c4ccc(NC(=O)C(C)C)cc4)CC2C=N3)cc1C. The quantitative estimate of drug-likeness (QED) is 0.0932. The molecule has 0 aromatic heterocycles. The molecule has 310 valence electrons. The van der Waals surface area contributed by atoms with Gasteiger partial charge in [-0.3, -0.25) is 19.4 Å². The van der Waals surface area contributed by atoms with E-state index in [0.29, 0.717) is 72.3 Å². The van der Waals surface area contributed by atoms with E-state index in [4.69, 9.17) is 28.7 Å². The summed E-state index contributed by atoms with van der Waals surface area (Å²) in [5, 5.41) is 2.91. The van der Waals surface area contributed by atoms with Gasteiger partial charge in [0.2, 0.25) is 5.91 Å². The number of anilines is 1. The molecular weight excluding hydrogens is 761 g/mol. The lowest BCUT2D eigenvalue weighted by Crippen LogP contribution is -2.32. The molecule has 3 amide bonds. The summed E-state index contributed by atoms with van der Waals surface area (Å²) in [7, 11) is 4.72. The van der Waals surface area contributed by atoms with E-state index in [0.717, 1.165) is 39.3 Å². The van der Waals surface area contributed by atoms with Gasteiger partial charge in [0.1, 0.15) is 5.75 Å². The van der Waals surface area contributed by atoms with Crippen LogP contribution in [0.3, 0.4) is 0 Å². The highest BCUT2D eigenvalue weighted by Crippen LogP contribution is 2.40. The van der Waals surface area contributed by atoms with Crippen molar-refractivity contribution in [3.63, 3.8) is 0 Å². The second-order valence-corrected chi connectivity index (χ2v) is 15.1. The minimum Gasteiger partial charge on any atom is -0.497 e. The molecule has 4 aromatic rings. The van der Waals surface area contributed by atoms with Crippen molar-refractivity contribution in [3.05, 3.63) is 126 Å². The van der Waals surface area contributed by atoms with Crippen LogP contribution in [0.1, 0.15) is 70.5 Å². The van der Waals surface area contributed by atoms with Crippen LogP contribution in [0.4, 0.5) is 11.4 Å². The number of benzene rings is 4. The molecule has 0 bridgehead atoms. The second kappa shape index (κ2) is 18.0. The third-order valence-corrected chi connectivity index (χ3v) is 10.9. The Balaban J connectivity index is 0.967. The highest BCUT2D eigenvalue weighted by atomic mass is 16.5. The van der Waals surface area contributed by atoms with Crippen molar-refractivity contribution in [1.29, 1.82) is 0 Å². The molecule has 1 N–H and O–H groups in total. The van der Waals surface area contributed by atoms with Crippen molar-refractivity contribution in [3.8, 4) is 28.7 Å². The van der Waals surface area contributed by atoms with Crippen LogP contribution in [0, 0.1) is 12.8 Å². The van der Waals surface area contributed by atoms with E-state index in [1.54, 1.807) is 54.5 Å². The lowest BCUT2D eigenvalue weighted by atomic mass is 10.0. The van der Waals surface area contributed by atoms with Gasteiger partial charge in [-0.15, -0.1) is 6.58 Å². The number of hydrogen-bond donors (Lipinski definition) is 1. The van der Waals surface area contributed by atoms with Gasteiger partial charge < -0.3 is 38.8 Å². The summed E-state index contributed by atoms with van der Waals surface area (Å²) in [6.45, 7) is 10.2. The second-order valence-electron chi connectivity index (χ2n) is 15.1. The van der Waals surface area contributed by atoms with E-state index in [2.05, 4.69) is 11.9 Å². The number of fused-ring (bicyclic) bond motifs is 2. The maximum atomic E-state index is 13.9. The van der Waals surface area contributed by atoms with Crippen LogP contribution in [-0.2, 0) is 4.79 Å². The molecule has 12 nitrogen and oxygen atoms in total. The molecule has 2 unspecified atom stereocenters. The molecule has 0 saturated carbocycles. The molecular formula is C48H50N4O8. The fourth-order valence-corrected chi connectivity index (χ4v) is 7.40. The predicted molar refractivity (Wildman–Crippen MR) is 233 cm³/mol. The Morgan fingerprint density at radius 2 is 1.47 bits per heavy atom. The summed E-state index contributed by atoms with van der Waals surface area (Å²) in [4.78, 5) is 48.0. The van der Waals surface area contributed by atoms with E-state index in [1.807, 2.05) is 87.8 Å². The van der Waals surface area contributed by atoms with E-state index < -0.39 is 0 Å². The summed E-state index contributed by atoms with van der Waals surface area (Å²) >= 11 is 0. The minimum absolute atomic E-state index is 0.0428. The number of aliphatic imine (C=N–C) groups is 1. The number of methoxy groups -OCH3 is 3. The zero-order valence-electron chi connectivity index (χ0n) is 34.8. The number of nitrogens with one attached hydrogen (secondary N) is 1. The Bertz CT molecular complexity index is 2380. The van der Waals surface area contributed by atoms with Crippen molar-refractivity contribution in [1.82, 2.24) is 9.80 Å². The van der Waals surface area contributed by atoms with Crippen LogP contribution in [-0.4, -0.2) is 80.4 Å². The first kappa shape index (κ1) is 41.3. The molecule has 12 heteroatoms. The minimum atomic E-state index is -0.250. The van der Waals surface area contributed by atoms with E-state index in [9.17, 15) is 14.4 Å². The maximum Gasteiger partial charge on any atom is 0.260 e. The molecule has 4 aromatic carbocycles. The van der Waals surface area contributed by atoms with E-state index in [-0.39, 0.29) is 35.7 Å². The van der Waals surface area contributed by atoms with Crippen molar-refractivity contribution >= 4 is 46.5 Å². The van der Waals surface area contributed by atoms with Gasteiger partial charge in [0.15, 0.2) is 23.0 Å². The Kier molecular flexibility index (Phi) is 12.4. The topological polar surface area (TPSA) is 128 Å². The van der Waals surface area contributed by atoms with Crippen LogP contribution in [0.25, 0.3) is 11.1 Å². The van der Waals surface area contributed by atoms with Crippen LogP contribution < -0.4 is 29.0 Å². The van der Waals surface area contributed by atoms with Gasteiger partial charge in [0, 0.05) is 54.7 Å². The predicted octanol–water partition coefficient (Wildman–Crippen LogP) is 8.88. The first-order valence-electron chi connectivity index (χ1n) is 20.0. The van der Waals surface area contributed by atoms with Gasteiger partial charge in [0.05, 0.1) is 57.9 Å². The van der Waals surface area contributed by atoms with Gasteiger partial charge >= 0.3 is 0 Å². The fourth-order valence-electron chi connectivity index (χ4n) is 7.40. The number of hydrogen-bond acceptors (Lipinski definition) is 9. The lowest BCUT2D eigenvalue weighted by Gasteiger charge is -2.22. The number of amides is 3. The number of rotatable bonds is 15. The standard InChI is InChI=1S/C48H50N4O8/c1-8-36-21-33(32-12-16-38(56-5)17-13-32)27-51(36)47(54)39-23-42(57-6)44(20-30(39)4)59-18-9-19-60-45-25-41-40(24-43(45)58-7)48(55)52-28-34(22-37(52)26-49-41)31-10-14-35(15-11-31)50-46(53)29(2)3/h8,10-17,20,23-29,36-37H,1,9,18-19,21-22H2,2-7H3,(H,50,53). The molecule has 0 spiro atoms. The normalized spacial score (nSPS) is 16.7. The van der Waals surface area contributed by atoms with E-state index >= 15 is 0 Å². The van der Waals surface area contributed by atoms with Gasteiger partial charge in [0.25, 0.3) is 11.8 Å². The third-order valence-electron chi connectivity index (χ3n) is 10.9. The summed E-state index contributed by atoms with van der Waals surface area (Å²) in [6, 6.07) is 21.9. The smallest absolute Gasteiger partial charge is 0.260 e. The number of carbonyl (C=O) groups excluding carboxylic acids is 3. The van der Waals surface area contributed by atoms with Crippen LogP contribution in [0.15, 0.2) is 103 Å². The largest absolute Gasteiger partial charge is 0.497 e. The Morgan fingerprint density at radius 3 is 2.10 bits per heavy atom. The van der Waals surface area contributed by atoms with Crippen molar-refractivity contribution in [2.24, 2.45) is 10.9 Å². The monoisotopic (exact) mass is 810 g/mol. The van der Waals surface area contributed by atoms with Crippen LogP contribution >= 0.6 is 0 Å². The molecule has 2 atom stereocenters. The molecule has 3 aliphatic heterocycles. The van der Waals surface area contributed by atoms with Crippen LogP contribution in [0.5, 0.6) is 28.7 Å². The average molecular weight is 811 g/mol. The summed E-state index contributed by atoms with van der Waals surface area (Å²) in [5.41, 5.74) is 6.92. The van der Waals surface area contributed by atoms with Crippen LogP contribution in [0.2, 0.25) is 0 Å². The third kappa shape index (κ3) is 8.63. The number of ether oxygens (including phenoxy) is 5. The fraction of sp³-hybridized carbons (Fsp3) is 0.292. The Morgan fingerprint density at radius 1 is 0.833 bits per heavy atom. The number of carbonyl (C=O) groups is 3. The first-order valence-corrected chi connectivity index (χ1v) is 20.0. The van der Waals surface area contributed by atoms with Crippen molar-refractivity contribution in [2.75, 3.05) is 39.9 Å². The Hall–Kier alpha value is -6.82. The zero-order chi connectivity index (χ0) is 42.5. The summed E-state index contributed by atoms with van der Waals surface area (Å²) in [6.07, 6.45) is 9.13. The summed E-state index contributed by atoms with van der Waals surface area (Å²) < 4.78 is 28.9. The molecule has 0 aliphatic carbocycles. The zero-order valence-corrected chi connectivity index (χ0v) is 34.8. The van der Waals surface area contributed by atoms with Crippen molar-refractivity contribution in [2.45, 2.75) is 52.1 Å². The molecule has 7 rings (SSSR count). The number of aryl methyl sites for hydroxylation is 1. The van der Waals surface area contributed by atoms with Crippen molar-refractivity contribution < 1.29 is 38.1 Å². The first-order chi connectivity index (χ1) is 29.0. The Labute approximate surface area is 350 Å². The molecule has 0 saturated heterocycles. The molecule has 0 fully saturated rings. The highest BCUT2D eigenvalue weighted by Gasteiger charge is 2.34. The van der Waals surface area contributed by atoms with Gasteiger partial charge in [-0.1, -0.05) is 44.2 Å². The van der Waals surface area contributed by atoms with E-state index in [1.165, 1.54) is 7.11 Å². The summed E-state index contributed by atoms with van der Waals surface area (Å²) in [5.74, 6) is 2.11. The maximum absolute atomic E-state index is 13.9. The van der Waals surface area contributed by atoms with Gasteiger partial charge in [-0.25, -0.2) is 0 Å². The molecule has 60 heavy (non-hydrogen) atoms. The molecule has 3 aliphatic rings. The lowest BCUT2D eigenvalue weighted by molar-refractivity contribution is -0.118. The molecule has 3 heterocycles. The average Bonchev–Trinajstić information content (AvgIpc) is 3.88. The molecule has 0 radical (unpaired) electrons. The van der Waals surface area contributed by atoms with Gasteiger partial charge in [-0.05, 0) is 83.6 Å².